The van der Waals surface area contributed by atoms with Crippen LogP contribution in [-0.4, -0.2) is 23.8 Å². The van der Waals surface area contributed by atoms with Crippen LogP contribution in [0.15, 0.2) is 24.3 Å². The molecule has 90 valence electrons. The number of nitro groups is 1. The van der Waals surface area contributed by atoms with Crippen molar-refractivity contribution < 1.29 is 9.72 Å². The fourth-order valence-corrected chi connectivity index (χ4v) is 2.07. The summed E-state index contributed by atoms with van der Waals surface area (Å²) in [5.41, 5.74) is 0.931. The fourth-order valence-electron chi connectivity index (χ4n) is 2.07. The van der Waals surface area contributed by atoms with Crippen LogP contribution in [0.3, 0.4) is 0 Å². The van der Waals surface area contributed by atoms with Crippen LogP contribution in [0.25, 0.3) is 0 Å². The number of nitro benzene ring substituents is 1. The molecular formula is C12H14N2O3. The summed E-state index contributed by atoms with van der Waals surface area (Å²) >= 11 is 0. The smallest absolute Gasteiger partial charge is 0.269 e. The third kappa shape index (κ3) is 2.88. The predicted molar refractivity (Wildman–Crippen MR) is 62.8 cm³/mol. The number of non-ortho nitro benzene ring substituents is 1. The quantitative estimate of drug-likeness (QED) is 0.632. The predicted octanol–water partition coefficient (Wildman–Crippen LogP) is 1.32. The maximum atomic E-state index is 11.6. The molecule has 2 rings (SSSR count). The lowest BCUT2D eigenvalue weighted by molar-refractivity contribution is -0.384. The number of carbonyl (C=O) groups is 1. The summed E-state index contributed by atoms with van der Waals surface area (Å²) in [6, 6.07) is 6.50. The number of hydrogen-bond acceptors (Lipinski definition) is 4. The normalized spacial score (nSPS) is 20.2. The summed E-state index contributed by atoms with van der Waals surface area (Å²) in [6.07, 6.45) is 1.13. The number of nitrogens with zero attached hydrogens (tertiary/aromatic N) is 1. The van der Waals surface area contributed by atoms with Crippen molar-refractivity contribution in [2.45, 2.75) is 12.8 Å². The number of ketones is 1. The van der Waals surface area contributed by atoms with E-state index in [0.29, 0.717) is 19.4 Å². The minimum Gasteiger partial charge on any atom is -0.316 e. The Kier molecular flexibility index (Phi) is 3.49. The molecule has 5 nitrogen and oxygen atoms in total. The summed E-state index contributed by atoms with van der Waals surface area (Å²) < 4.78 is 0. The number of carbonyl (C=O) groups excluding carboxylic acids is 1. The van der Waals surface area contributed by atoms with Crippen LogP contribution in [0.1, 0.15) is 12.0 Å². The highest BCUT2D eigenvalue weighted by atomic mass is 16.6. The Hall–Kier alpha value is -1.75. The first-order valence-electron chi connectivity index (χ1n) is 5.63. The first-order chi connectivity index (χ1) is 8.16. The second kappa shape index (κ2) is 5.05. The number of benzene rings is 1. The Bertz CT molecular complexity index is 445. The maximum Gasteiger partial charge on any atom is 0.269 e. The Morgan fingerprint density at radius 2 is 2.29 bits per heavy atom. The highest BCUT2D eigenvalue weighted by Crippen LogP contribution is 2.18. The first-order valence-corrected chi connectivity index (χ1v) is 5.63. The fraction of sp³-hybridized carbons (Fsp3) is 0.417. The zero-order chi connectivity index (χ0) is 12.3. The standard InChI is InChI=1S/C12H14N2O3/c15-12-4-5-13-8-10(12)6-9-2-1-3-11(7-9)14(16)17/h1-3,7,10,13H,4-6,8H2. The number of piperidine rings is 1. The molecule has 1 fully saturated rings. The van der Waals surface area contributed by atoms with E-state index in [0.717, 1.165) is 12.1 Å². The summed E-state index contributed by atoms with van der Waals surface area (Å²) in [5.74, 6) is 0.195. The van der Waals surface area contributed by atoms with Gasteiger partial charge in [0.2, 0.25) is 0 Å². The SMILES string of the molecule is O=C1CCNCC1Cc1cccc([N+](=O)[O-])c1. The molecule has 5 heteroatoms. The van der Waals surface area contributed by atoms with Gasteiger partial charge in [-0.3, -0.25) is 14.9 Å². The van der Waals surface area contributed by atoms with Crippen molar-refractivity contribution >= 4 is 11.5 Å². The highest BCUT2D eigenvalue weighted by Gasteiger charge is 2.22. The molecule has 1 saturated heterocycles. The van der Waals surface area contributed by atoms with Crippen LogP contribution in [0.5, 0.6) is 0 Å². The molecule has 1 unspecified atom stereocenters. The van der Waals surface area contributed by atoms with Crippen molar-refractivity contribution in [3.63, 3.8) is 0 Å². The number of nitrogens with one attached hydrogen (secondary N) is 1. The van der Waals surface area contributed by atoms with E-state index in [2.05, 4.69) is 5.32 Å². The largest absolute Gasteiger partial charge is 0.316 e. The van der Waals surface area contributed by atoms with Crippen molar-refractivity contribution in [2.24, 2.45) is 5.92 Å². The van der Waals surface area contributed by atoms with Crippen LogP contribution in [0.4, 0.5) is 5.69 Å². The van der Waals surface area contributed by atoms with Crippen LogP contribution >= 0.6 is 0 Å². The van der Waals surface area contributed by atoms with Crippen LogP contribution in [0.2, 0.25) is 0 Å². The van der Waals surface area contributed by atoms with Crippen molar-refractivity contribution in [3.8, 4) is 0 Å². The van der Waals surface area contributed by atoms with Crippen LogP contribution in [-0.2, 0) is 11.2 Å². The maximum absolute atomic E-state index is 11.6. The second-order valence-corrected chi connectivity index (χ2v) is 4.25. The van der Waals surface area contributed by atoms with E-state index in [4.69, 9.17) is 0 Å². The van der Waals surface area contributed by atoms with Gasteiger partial charge in [0.15, 0.2) is 0 Å². The van der Waals surface area contributed by atoms with Gasteiger partial charge in [-0.05, 0) is 12.0 Å². The molecule has 1 N–H and O–H groups in total. The molecule has 1 aromatic carbocycles. The van der Waals surface area contributed by atoms with E-state index in [1.54, 1.807) is 12.1 Å². The number of Topliss-reactive ketones (excluding diaryl/α,β-unsaturated/α-hetero) is 1. The summed E-state index contributed by atoms with van der Waals surface area (Å²) in [4.78, 5) is 21.9. The molecule has 0 radical (unpaired) electrons. The van der Waals surface area contributed by atoms with E-state index < -0.39 is 4.92 Å². The van der Waals surface area contributed by atoms with Gasteiger partial charge in [-0.25, -0.2) is 0 Å². The Morgan fingerprint density at radius 3 is 3.00 bits per heavy atom. The molecule has 0 bridgehead atoms. The zero-order valence-electron chi connectivity index (χ0n) is 9.39. The van der Waals surface area contributed by atoms with Gasteiger partial charge in [-0.15, -0.1) is 0 Å². The lowest BCUT2D eigenvalue weighted by atomic mass is 9.91. The minimum absolute atomic E-state index is 0.0502. The van der Waals surface area contributed by atoms with Gasteiger partial charge in [0.05, 0.1) is 4.92 Å². The van der Waals surface area contributed by atoms with Crippen molar-refractivity contribution in [2.75, 3.05) is 13.1 Å². The molecule has 1 aromatic rings. The molecule has 0 aromatic heterocycles. The Morgan fingerprint density at radius 1 is 1.47 bits per heavy atom. The molecule has 0 saturated carbocycles. The van der Waals surface area contributed by atoms with E-state index in [1.807, 2.05) is 6.07 Å². The lowest BCUT2D eigenvalue weighted by Crippen LogP contribution is -2.37. The van der Waals surface area contributed by atoms with Crippen LogP contribution in [0, 0.1) is 16.0 Å². The second-order valence-electron chi connectivity index (χ2n) is 4.25. The van der Waals surface area contributed by atoms with Crippen molar-refractivity contribution in [3.05, 3.63) is 39.9 Å². The third-order valence-electron chi connectivity index (χ3n) is 3.00. The van der Waals surface area contributed by atoms with Gasteiger partial charge in [0, 0.05) is 37.6 Å². The van der Waals surface area contributed by atoms with Crippen molar-refractivity contribution in [1.82, 2.24) is 5.32 Å². The molecule has 17 heavy (non-hydrogen) atoms. The molecule has 0 amide bonds. The Labute approximate surface area is 99.0 Å². The van der Waals surface area contributed by atoms with Crippen LogP contribution < -0.4 is 5.32 Å². The van der Waals surface area contributed by atoms with Gasteiger partial charge in [0.25, 0.3) is 5.69 Å². The zero-order valence-corrected chi connectivity index (χ0v) is 9.39. The number of hydrogen-bond donors (Lipinski definition) is 1. The third-order valence-corrected chi connectivity index (χ3v) is 3.00. The highest BCUT2D eigenvalue weighted by molar-refractivity contribution is 5.82. The lowest BCUT2D eigenvalue weighted by Gasteiger charge is -2.21. The average Bonchev–Trinajstić information content (AvgIpc) is 2.32. The minimum atomic E-state index is -0.412. The molecule has 0 aliphatic carbocycles. The summed E-state index contributed by atoms with van der Waals surface area (Å²) in [6.45, 7) is 1.41. The molecule has 1 aliphatic heterocycles. The van der Waals surface area contributed by atoms with Gasteiger partial charge >= 0.3 is 0 Å². The van der Waals surface area contributed by atoms with Gasteiger partial charge in [-0.2, -0.15) is 0 Å². The van der Waals surface area contributed by atoms with Gasteiger partial charge in [0.1, 0.15) is 5.78 Å². The van der Waals surface area contributed by atoms with E-state index in [9.17, 15) is 14.9 Å². The first kappa shape index (κ1) is 11.7. The molecule has 1 heterocycles. The topological polar surface area (TPSA) is 72.2 Å². The molecule has 1 atom stereocenters. The van der Waals surface area contributed by atoms with E-state index >= 15 is 0 Å². The van der Waals surface area contributed by atoms with Crippen molar-refractivity contribution in [1.29, 1.82) is 0 Å². The molecule has 1 aliphatic rings. The summed E-state index contributed by atoms with van der Waals surface area (Å²) in [7, 11) is 0. The monoisotopic (exact) mass is 234 g/mol. The summed E-state index contributed by atoms with van der Waals surface area (Å²) in [5, 5.41) is 13.8. The van der Waals surface area contributed by atoms with E-state index in [1.165, 1.54) is 6.07 Å². The van der Waals surface area contributed by atoms with Gasteiger partial charge in [-0.1, -0.05) is 12.1 Å². The average molecular weight is 234 g/mol. The Balaban J connectivity index is 2.09. The number of rotatable bonds is 3. The molecular weight excluding hydrogens is 220 g/mol. The molecule has 0 spiro atoms. The van der Waals surface area contributed by atoms with Gasteiger partial charge < -0.3 is 5.32 Å². The van der Waals surface area contributed by atoms with E-state index in [-0.39, 0.29) is 17.4 Å².